The molecule has 14 aromatic carbocycles. The van der Waals surface area contributed by atoms with Gasteiger partial charge in [0.2, 0.25) is 0 Å². The molecule has 16 aromatic rings. The van der Waals surface area contributed by atoms with E-state index in [2.05, 4.69) is 359 Å². The predicted molar refractivity (Wildman–Crippen MR) is 462 cm³/mol. The zero-order chi connectivity index (χ0) is 71.9. The maximum atomic E-state index is 6.46. The maximum Gasteiger partial charge on any atom is 0.0561 e. The lowest BCUT2D eigenvalue weighted by molar-refractivity contribution is -0.0399. The molecule has 0 unspecified atom stereocenters. The number of nitrogens with zero attached hydrogens (tertiary/aromatic N) is 3. The molecule has 1 N–H and O–H groups in total. The number of fused-ring (bicyclic) bond motifs is 12. The molecule has 0 aliphatic heterocycles. The Hall–Kier alpha value is -11.4. The van der Waals surface area contributed by atoms with Crippen LogP contribution in [0.15, 0.2) is 340 Å². The smallest absolute Gasteiger partial charge is 0.0561 e. The molecule has 2 spiro atoms. The van der Waals surface area contributed by atoms with Gasteiger partial charge in [-0.2, -0.15) is 0 Å². The molecule has 0 radical (unpaired) electrons. The summed E-state index contributed by atoms with van der Waals surface area (Å²) in [6.07, 6.45) is 14.2. The highest BCUT2D eigenvalue weighted by atomic mass is 35.5. The van der Waals surface area contributed by atoms with Crippen molar-refractivity contribution in [3.63, 3.8) is 0 Å². The second-order valence-electron chi connectivity index (χ2n) is 32.9. The highest BCUT2D eigenvalue weighted by Gasteiger charge is 2.63. The first-order chi connectivity index (χ1) is 53.9. The largest absolute Gasteiger partial charge is 0.355 e. The molecule has 8 saturated carbocycles. The summed E-state index contributed by atoms with van der Waals surface area (Å²) in [5.41, 5.74) is 30.4. The summed E-state index contributed by atoms with van der Waals surface area (Å²) in [6, 6.07) is 124. The fourth-order valence-electron chi connectivity index (χ4n) is 23.8. The summed E-state index contributed by atoms with van der Waals surface area (Å²) < 4.78 is 4.79. The minimum absolute atomic E-state index is 0. The Labute approximate surface area is 651 Å². The Morgan fingerprint density at radius 3 is 1.22 bits per heavy atom. The average Bonchev–Trinajstić information content (AvgIpc) is 1.50. The third-order valence-corrected chi connectivity index (χ3v) is 27.7. The third kappa shape index (κ3) is 10.4. The molecule has 0 saturated heterocycles. The van der Waals surface area contributed by atoms with Gasteiger partial charge in [-0.1, -0.05) is 262 Å². The second kappa shape index (κ2) is 26.7. The van der Waals surface area contributed by atoms with Gasteiger partial charge < -0.3 is 19.4 Å². The highest BCUT2D eigenvalue weighted by Crippen LogP contribution is 2.71. The number of anilines is 5. The monoisotopic (exact) mass is 1440 g/mol. The third-order valence-electron chi connectivity index (χ3n) is 27.5. The molecule has 0 atom stereocenters. The van der Waals surface area contributed by atoms with Crippen LogP contribution in [0.5, 0.6) is 0 Å². The van der Waals surface area contributed by atoms with Gasteiger partial charge in [0, 0.05) is 82.6 Å². The fourth-order valence-corrected chi connectivity index (χ4v) is 24.0. The number of halogens is 1. The van der Waals surface area contributed by atoms with Crippen LogP contribution in [0, 0.1) is 47.3 Å². The van der Waals surface area contributed by atoms with E-state index >= 15 is 0 Å². The quantitative estimate of drug-likeness (QED) is 0.156. The summed E-state index contributed by atoms with van der Waals surface area (Å²) in [5.74, 6) is 6.92. The molecule has 110 heavy (non-hydrogen) atoms. The minimum atomic E-state index is 0. The van der Waals surface area contributed by atoms with E-state index in [0.717, 1.165) is 63.7 Å². The standard InChI is InChI=1S/C52H42N2.C30H22N2.C22H21Cl.CH4/c1-3-13-36(14-4-1)42-17-8-11-21-49(42)53(41-24-26-46-45-19-9-12-22-50(45)54(51(46)33-41)39-15-5-2-6-16-39)40-23-25-44-43-18-7-10-20-47(43)52(48(44)32-40)37-28-34-27-35(30-37)31-38(52)29-34;1-3-11-22(12-4-1)25-15-7-9-17-28(25)31-23-19-20-27-26-16-8-10-18-29(26)32(30(27)21-23)24-13-5-2-6-14-24;23-17-5-6-19-18-3-1-2-4-20(18)22(21(19)12-17)15-8-13-7-14(10-15)11-16(22)9-13;/h1-26,32-35,37-38H,27-31H2;1-21,31H;1-6,12-16H,7-11H2;1H4. The molecule has 0 amide bonds. The molecule has 5 heteroatoms. The van der Waals surface area contributed by atoms with Crippen molar-refractivity contribution in [1.82, 2.24) is 9.13 Å². The number of nitrogens with one attached hydrogen (secondary N) is 1. The van der Waals surface area contributed by atoms with E-state index in [1.54, 1.807) is 22.3 Å². The van der Waals surface area contributed by atoms with Crippen molar-refractivity contribution < 1.29 is 0 Å². The van der Waals surface area contributed by atoms with Crippen molar-refractivity contribution in [2.75, 3.05) is 10.2 Å². The SMILES string of the molecule is C.Clc1ccc2c(c1)C1(c3ccccc3-2)C2CC3CC(C2)CC1C3.c1ccc(-c2ccccc2N(c2ccc3c(c2)C2(c4ccccc4-3)C3CC4CC(C3)CC2C4)c2ccc3c4ccccc4n(-c4ccccc4)c3c2)cc1.c1ccc(-c2ccccc2Nc2ccc3c4ccccc4n(-c4ccccc4)c3c2)cc1. The maximum absolute atomic E-state index is 6.46. The van der Waals surface area contributed by atoms with Crippen LogP contribution in [-0.4, -0.2) is 9.13 Å². The fraction of sp³-hybridized carbons (Fsp3) is 0.200. The van der Waals surface area contributed by atoms with Gasteiger partial charge in [0.25, 0.3) is 0 Å². The number of rotatable bonds is 9. The van der Waals surface area contributed by atoms with Crippen molar-refractivity contribution in [1.29, 1.82) is 0 Å². The van der Waals surface area contributed by atoms with E-state index in [9.17, 15) is 0 Å². The van der Waals surface area contributed by atoms with Crippen LogP contribution in [0.3, 0.4) is 0 Å². The lowest BCUT2D eigenvalue weighted by Gasteiger charge is -2.61. The molecule has 10 aliphatic rings. The van der Waals surface area contributed by atoms with Gasteiger partial charge in [-0.05, 0) is 264 Å². The van der Waals surface area contributed by atoms with Crippen LogP contribution >= 0.6 is 11.6 Å². The second-order valence-corrected chi connectivity index (χ2v) is 33.4. The molecule has 8 fully saturated rings. The Morgan fingerprint density at radius 1 is 0.291 bits per heavy atom. The molecule has 26 rings (SSSR count). The number of hydrogen-bond donors (Lipinski definition) is 1. The number of benzene rings is 14. The molecule has 2 aromatic heterocycles. The molecule has 10 aliphatic carbocycles. The van der Waals surface area contributed by atoms with E-state index in [1.165, 1.54) is 181 Å². The number of hydrogen-bond acceptors (Lipinski definition) is 2. The van der Waals surface area contributed by atoms with Crippen molar-refractivity contribution >= 4 is 83.6 Å². The van der Waals surface area contributed by atoms with Crippen LogP contribution < -0.4 is 10.2 Å². The zero-order valence-electron chi connectivity index (χ0n) is 61.2. The molecular formula is C105H89ClN4. The van der Waals surface area contributed by atoms with E-state index in [1.807, 2.05) is 0 Å². The van der Waals surface area contributed by atoms with E-state index in [-0.39, 0.29) is 18.3 Å². The van der Waals surface area contributed by atoms with Gasteiger partial charge in [-0.15, -0.1) is 0 Å². The minimum Gasteiger partial charge on any atom is -0.355 e. The van der Waals surface area contributed by atoms with Gasteiger partial charge in [0.15, 0.2) is 0 Å². The Morgan fingerprint density at radius 2 is 0.673 bits per heavy atom. The Kier molecular flexibility index (Phi) is 16.2. The predicted octanol–water partition coefficient (Wildman–Crippen LogP) is 28.5. The molecule has 4 nitrogen and oxygen atoms in total. The Balaban J connectivity index is 0.000000116. The van der Waals surface area contributed by atoms with Crippen molar-refractivity contribution in [2.24, 2.45) is 47.3 Å². The first-order valence-corrected chi connectivity index (χ1v) is 40.5. The van der Waals surface area contributed by atoms with Crippen LogP contribution in [-0.2, 0) is 10.8 Å². The highest BCUT2D eigenvalue weighted by molar-refractivity contribution is 6.30. The van der Waals surface area contributed by atoms with Gasteiger partial charge in [0.1, 0.15) is 0 Å². The number of aromatic nitrogens is 2. The van der Waals surface area contributed by atoms with Gasteiger partial charge in [-0.25, -0.2) is 0 Å². The number of para-hydroxylation sites is 6. The zero-order valence-corrected chi connectivity index (χ0v) is 62.0. The molecular weight excluding hydrogens is 1350 g/mol. The Bertz CT molecular complexity index is 6150. The van der Waals surface area contributed by atoms with E-state index in [4.69, 9.17) is 11.6 Å². The van der Waals surface area contributed by atoms with Gasteiger partial charge in [0.05, 0.1) is 27.8 Å². The first kappa shape index (κ1) is 66.7. The van der Waals surface area contributed by atoms with E-state index < -0.39 is 0 Å². The van der Waals surface area contributed by atoms with Crippen LogP contribution in [0.2, 0.25) is 5.02 Å². The summed E-state index contributed by atoms with van der Waals surface area (Å²) >= 11 is 6.46. The molecule has 2 heterocycles. The average molecular weight is 1440 g/mol. The summed E-state index contributed by atoms with van der Waals surface area (Å²) in [6.45, 7) is 0. The van der Waals surface area contributed by atoms with Gasteiger partial charge >= 0.3 is 0 Å². The lowest BCUT2D eigenvalue weighted by atomic mass is 9.43. The van der Waals surface area contributed by atoms with E-state index in [0.29, 0.717) is 0 Å². The summed E-state index contributed by atoms with van der Waals surface area (Å²) in [7, 11) is 0. The first-order valence-electron chi connectivity index (χ1n) is 40.1. The van der Waals surface area contributed by atoms with Crippen LogP contribution in [0.1, 0.15) is 93.9 Å². The van der Waals surface area contributed by atoms with Crippen LogP contribution in [0.4, 0.5) is 28.4 Å². The summed E-state index contributed by atoms with van der Waals surface area (Å²) in [4.78, 5) is 2.56. The normalized spacial score (nSPS) is 22.8. The molecule has 536 valence electrons. The molecule has 8 bridgehead atoms. The van der Waals surface area contributed by atoms with Crippen molar-refractivity contribution in [3.8, 4) is 55.9 Å². The summed E-state index contributed by atoms with van der Waals surface area (Å²) in [5, 5.41) is 9.65. The lowest BCUT2D eigenvalue weighted by Crippen LogP contribution is -2.55. The van der Waals surface area contributed by atoms with Crippen LogP contribution in [0.25, 0.3) is 99.5 Å². The van der Waals surface area contributed by atoms with Crippen molar-refractivity contribution in [3.05, 3.63) is 367 Å². The topological polar surface area (TPSA) is 25.1 Å². The van der Waals surface area contributed by atoms with Crippen molar-refractivity contribution in [2.45, 2.75) is 82.5 Å². The van der Waals surface area contributed by atoms with Gasteiger partial charge in [-0.3, -0.25) is 0 Å².